The Kier molecular flexibility index (Phi) is 5.74. The lowest BCUT2D eigenvalue weighted by molar-refractivity contribution is -0.137. The smallest absolute Gasteiger partial charge is 0.267 e. The maximum atomic E-state index is 13.6. The van der Waals surface area contributed by atoms with E-state index < -0.39 is 17.7 Å². The van der Waals surface area contributed by atoms with Crippen molar-refractivity contribution in [3.8, 4) is 0 Å². The highest BCUT2D eigenvalue weighted by Crippen LogP contribution is 2.46. The van der Waals surface area contributed by atoms with Gasteiger partial charge in [-0.25, -0.2) is 8.78 Å². The number of nitrogens with zero attached hydrogens (tertiary/aromatic N) is 2. The molecule has 3 rings (SSSR count). The first-order valence-electron chi connectivity index (χ1n) is 9.41. The van der Waals surface area contributed by atoms with Gasteiger partial charge >= 0.3 is 0 Å². The molecule has 148 valence electrons. The standard InChI is InChI=1S/C19H26F2N4O2/c1-11(22)19(27)25-6-4-24(5-7-25)18(26)10-17(23)13-3-2-12-8-15(20)16(21)9-14(12)13/h9,12-13,17,22H,2-8,10,23H2,1H3. The number of amides is 2. The average Bonchev–Trinajstić information content (AvgIpc) is 3.04. The summed E-state index contributed by atoms with van der Waals surface area (Å²) in [7, 11) is 0. The normalized spacial score (nSPS) is 26.6. The molecule has 0 aromatic rings. The maximum Gasteiger partial charge on any atom is 0.267 e. The van der Waals surface area contributed by atoms with E-state index in [0.717, 1.165) is 18.4 Å². The van der Waals surface area contributed by atoms with Gasteiger partial charge in [0, 0.05) is 45.1 Å². The molecule has 0 bridgehead atoms. The predicted molar refractivity (Wildman–Crippen MR) is 97.3 cm³/mol. The monoisotopic (exact) mass is 380 g/mol. The lowest BCUT2D eigenvalue weighted by Crippen LogP contribution is -2.52. The topological polar surface area (TPSA) is 90.5 Å². The van der Waals surface area contributed by atoms with Crippen LogP contribution >= 0.6 is 0 Å². The van der Waals surface area contributed by atoms with Gasteiger partial charge in [-0.2, -0.15) is 0 Å². The van der Waals surface area contributed by atoms with Crippen LogP contribution in [0.15, 0.2) is 23.3 Å². The second-order valence-electron chi connectivity index (χ2n) is 7.65. The molecule has 1 saturated heterocycles. The number of nitrogens with one attached hydrogen (secondary N) is 1. The van der Waals surface area contributed by atoms with Crippen LogP contribution in [-0.2, 0) is 9.59 Å². The summed E-state index contributed by atoms with van der Waals surface area (Å²) in [6, 6.07) is -0.425. The van der Waals surface area contributed by atoms with Gasteiger partial charge in [0.15, 0.2) is 5.83 Å². The van der Waals surface area contributed by atoms with Crippen LogP contribution in [0.2, 0.25) is 0 Å². The van der Waals surface area contributed by atoms with Gasteiger partial charge in [-0.1, -0.05) is 5.57 Å². The summed E-state index contributed by atoms with van der Waals surface area (Å²) in [5, 5.41) is 7.41. The second-order valence-corrected chi connectivity index (χ2v) is 7.65. The number of carbonyl (C=O) groups excluding carboxylic acids is 2. The van der Waals surface area contributed by atoms with Crippen molar-refractivity contribution < 1.29 is 18.4 Å². The van der Waals surface area contributed by atoms with Gasteiger partial charge in [0.05, 0.1) is 5.71 Å². The molecular weight excluding hydrogens is 354 g/mol. The van der Waals surface area contributed by atoms with Crippen LogP contribution in [0.3, 0.4) is 0 Å². The van der Waals surface area contributed by atoms with E-state index in [2.05, 4.69) is 0 Å². The lowest BCUT2D eigenvalue weighted by Gasteiger charge is -2.35. The summed E-state index contributed by atoms with van der Waals surface area (Å²) in [6.45, 7) is 3.10. The van der Waals surface area contributed by atoms with E-state index in [1.54, 1.807) is 9.80 Å². The molecule has 0 aromatic heterocycles. The Balaban J connectivity index is 1.55. The molecule has 3 unspecified atom stereocenters. The molecule has 1 aliphatic heterocycles. The van der Waals surface area contributed by atoms with E-state index >= 15 is 0 Å². The number of carbonyl (C=O) groups is 2. The zero-order valence-electron chi connectivity index (χ0n) is 15.5. The number of nitrogens with two attached hydrogens (primary N) is 1. The van der Waals surface area contributed by atoms with E-state index in [9.17, 15) is 18.4 Å². The molecule has 0 radical (unpaired) electrons. The minimum Gasteiger partial charge on any atom is -0.339 e. The Hall–Kier alpha value is -2.09. The number of hydrogen-bond acceptors (Lipinski definition) is 4. The maximum absolute atomic E-state index is 13.6. The fourth-order valence-electron chi connectivity index (χ4n) is 4.33. The van der Waals surface area contributed by atoms with Crippen LogP contribution in [-0.4, -0.2) is 59.5 Å². The Bertz CT molecular complexity index is 710. The minimum atomic E-state index is -0.811. The summed E-state index contributed by atoms with van der Waals surface area (Å²) in [5.41, 5.74) is 7.11. The van der Waals surface area contributed by atoms with Crippen LogP contribution in [0.4, 0.5) is 8.78 Å². The van der Waals surface area contributed by atoms with Crippen LogP contribution in [0.5, 0.6) is 0 Å². The molecular formula is C19H26F2N4O2. The first kappa shape index (κ1) is 19.7. The molecule has 0 aromatic carbocycles. The molecule has 0 spiro atoms. The Morgan fingerprint density at radius 1 is 1.22 bits per heavy atom. The van der Waals surface area contributed by atoms with Gasteiger partial charge in [0.2, 0.25) is 5.91 Å². The first-order valence-corrected chi connectivity index (χ1v) is 9.41. The molecule has 3 atom stereocenters. The van der Waals surface area contributed by atoms with E-state index in [1.165, 1.54) is 13.0 Å². The third-order valence-electron chi connectivity index (χ3n) is 5.87. The van der Waals surface area contributed by atoms with Crippen molar-refractivity contribution in [1.29, 1.82) is 5.41 Å². The Labute approximate surface area is 157 Å². The molecule has 1 saturated carbocycles. The fraction of sp³-hybridized carbons (Fsp3) is 0.632. The Morgan fingerprint density at radius 2 is 1.85 bits per heavy atom. The van der Waals surface area contributed by atoms with E-state index in [-0.39, 0.29) is 42.2 Å². The van der Waals surface area contributed by atoms with Crippen molar-refractivity contribution in [3.05, 3.63) is 23.3 Å². The minimum absolute atomic E-state index is 0.00503. The first-order chi connectivity index (χ1) is 12.8. The molecule has 27 heavy (non-hydrogen) atoms. The zero-order valence-corrected chi connectivity index (χ0v) is 15.5. The highest BCUT2D eigenvalue weighted by molar-refractivity contribution is 6.36. The van der Waals surface area contributed by atoms with Crippen LogP contribution in [0, 0.1) is 17.2 Å². The average molecular weight is 380 g/mol. The van der Waals surface area contributed by atoms with Crippen LogP contribution < -0.4 is 5.73 Å². The summed E-state index contributed by atoms with van der Waals surface area (Å²) in [5.74, 6) is -1.99. The highest BCUT2D eigenvalue weighted by atomic mass is 19.2. The second kappa shape index (κ2) is 7.88. The SMILES string of the molecule is CC(=N)C(=O)N1CCN(C(=O)CC(N)C2CCC3CC(F)=C(F)C=C32)CC1. The lowest BCUT2D eigenvalue weighted by atomic mass is 9.85. The van der Waals surface area contributed by atoms with E-state index in [1.807, 2.05) is 0 Å². The van der Waals surface area contributed by atoms with Gasteiger partial charge in [-0.3, -0.25) is 15.0 Å². The van der Waals surface area contributed by atoms with Crippen molar-refractivity contribution in [3.63, 3.8) is 0 Å². The fourth-order valence-corrected chi connectivity index (χ4v) is 4.33. The number of halogens is 2. The molecule has 2 fully saturated rings. The molecule has 2 amide bonds. The predicted octanol–water partition coefficient (Wildman–Crippen LogP) is 1.92. The largest absolute Gasteiger partial charge is 0.339 e. The number of fused-ring (bicyclic) bond motifs is 1. The number of hydrogen-bond donors (Lipinski definition) is 2. The van der Waals surface area contributed by atoms with Crippen LogP contribution in [0.1, 0.15) is 32.6 Å². The number of rotatable bonds is 4. The number of allylic oxidation sites excluding steroid dienone is 3. The summed E-state index contributed by atoms with van der Waals surface area (Å²) >= 11 is 0. The summed E-state index contributed by atoms with van der Waals surface area (Å²) in [4.78, 5) is 27.7. The van der Waals surface area contributed by atoms with Gasteiger partial charge < -0.3 is 15.5 Å². The molecule has 1 heterocycles. The molecule has 6 nitrogen and oxygen atoms in total. The van der Waals surface area contributed by atoms with Gasteiger partial charge in [0.25, 0.3) is 5.91 Å². The number of piperazine rings is 1. The summed E-state index contributed by atoms with van der Waals surface area (Å²) in [6.07, 6.45) is 3.03. The van der Waals surface area contributed by atoms with Crippen molar-refractivity contribution in [2.45, 2.75) is 38.6 Å². The van der Waals surface area contributed by atoms with Gasteiger partial charge in [-0.15, -0.1) is 0 Å². The third kappa shape index (κ3) is 4.10. The Morgan fingerprint density at radius 3 is 2.48 bits per heavy atom. The van der Waals surface area contributed by atoms with E-state index in [4.69, 9.17) is 11.1 Å². The molecule has 2 aliphatic carbocycles. The highest BCUT2D eigenvalue weighted by Gasteiger charge is 2.38. The molecule has 8 heteroatoms. The van der Waals surface area contributed by atoms with Gasteiger partial charge in [-0.05, 0) is 37.7 Å². The molecule has 3 N–H and O–H groups in total. The van der Waals surface area contributed by atoms with Crippen molar-refractivity contribution in [2.24, 2.45) is 17.6 Å². The quantitative estimate of drug-likeness (QED) is 0.730. The zero-order chi connectivity index (χ0) is 19.7. The molecule has 3 aliphatic rings. The van der Waals surface area contributed by atoms with Gasteiger partial charge in [0.1, 0.15) is 5.83 Å². The summed E-state index contributed by atoms with van der Waals surface area (Å²) < 4.78 is 27.1. The van der Waals surface area contributed by atoms with E-state index in [0.29, 0.717) is 26.2 Å². The van der Waals surface area contributed by atoms with Crippen molar-refractivity contribution in [1.82, 2.24) is 9.80 Å². The van der Waals surface area contributed by atoms with Crippen molar-refractivity contribution in [2.75, 3.05) is 26.2 Å². The van der Waals surface area contributed by atoms with Crippen molar-refractivity contribution >= 4 is 17.5 Å². The third-order valence-corrected chi connectivity index (χ3v) is 5.87. The van der Waals surface area contributed by atoms with Crippen LogP contribution in [0.25, 0.3) is 0 Å².